The molecule has 2 heterocycles. The highest BCUT2D eigenvalue weighted by molar-refractivity contribution is 7.13. The molecule has 8 nitrogen and oxygen atoms in total. The Labute approximate surface area is 203 Å². The number of ether oxygens (including phenoxy) is 4. The Balaban J connectivity index is 1.47. The summed E-state index contributed by atoms with van der Waals surface area (Å²) in [5, 5.41) is 5.59. The predicted octanol–water partition coefficient (Wildman–Crippen LogP) is 3.64. The number of nitrogens with one attached hydrogen (secondary N) is 1. The summed E-state index contributed by atoms with van der Waals surface area (Å²) < 4.78 is 21.5. The Morgan fingerprint density at radius 3 is 2.47 bits per heavy atom. The highest BCUT2D eigenvalue weighted by Crippen LogP contribution is 2.33. The van der Waals surface area contributed by atoms with E-state index >= 15 is 0 Å². The van der Waals surface area contributed by atoms with Crippen LogP contribution in [0.15, 0.2) is 47.8 Å². The number of rotatable bonds is 9. The van der Waals surface area contributed by atoms with Crippen LogP contribution in [0.1, 0.15) is 22.1 Å². The summed E-state index contributed by atoms with van der Waals surface area (Å²) >= 11 is 1.42. The Morgan fingerprint density at radius 2 is 1.79 bits per heavy atom. The monoisotopic (exact) mass is 483 g/mol. The first-order chi connectivity index (χ1) is 16.6. The Morgan fingerprint density at radius 1 is 1.06 bits per heavy atom. The molecule has 0 aliphatic carbocycles. The van der Waals surface area contributed by atoms with Gasteiger partial charge >= 0.3 is 0 Å². The zero-order chi connectivity index (χ0) is 23.9. The van der Waals surface area contributed by atoms with Gasteiger partial charge in [0.25, 0.3) is 5.91 Å². The number of carbonyl (C=O) groups excluding carboxylic acids is 1. The molecule has 2 aromatic carbocycles. The van der Waals surface area contributed by atoms with E-state index in [1.54, 1.807) is 26.7 Å². The van der Waals surface area contributed by atoms with Gasteiger partial charge in [-0.15, -0.1) is 11.3 Å². The number of aromatic nitrogens is 1. The molecule has 180 valence electrons. The summed E-state index contributed by atoms with van der Waals surface area (Å²) in [7, 11) is 4.84. The van der Waals surface area contributed by atoms with Crippen molar-refractivity contribution in [1.29, 1.82) is 0 Å². The summed E-state index contributed by atoms with van der Waals surface area (Å²) in [6.45, 7) is 3.45. The number of nitrogens with zero attached hydrogens (tertiary/aromatic N) is 2. The Hall–Kier alpha value is -3.14. The second kappa shape index (κ2) is 11.3. The maximum Gasteiger partial charge on any atom is 0.270 e. The van der Waals surface area contributed by atoms with Gasteiger partial charge < -0.3 is 24.3 Å². The molecular weight excluding hydrogens is 454 g/mol. The molecule has 0 radical (unpaired) electrons. The molecule has 1 N–H and O–H groups in total. The topological polar surface area (TPSA) is 82.2 Å². The molecule has 1 aromatic heterocycles. The Bertz CT molecular complexity index is 1100. The normalized spacial score (nSPS) is 14.9. The molecule has 9 heteroatoms. The molecule has 1 atom stereocenters. The average molecular weight is 484 g/mol. The van der Waals surface area contributed by atoms with Crippen LogP contribution in [0.5, 0.6) is 17.2 Å². The second-order valence-corrected chi connectivity index (χ2v) is 8.61. The van der Waals surface area contributed by atoms with Crippen molar-refractivity contribution < 1.29 is 23.7 Å². The molecule has 1 aliphatic rings. The summed E-state index contributed by atoms with van der Waals surface area (Å²) in [4.78, 5) is 19.8. The first kappa shape index (κ1) is 24.0. The molecule has 1 amide bonds. The number of benzene rings is 2. The third kappa shape index (κ3) is 5.49. The van der Waals surface area contributed by atoms with Crippen LogP contribution in [0.3, 0.4) is 0 Å². The first-order valence-corrected chi connectivity index (χ1v) is 11.9. The summed E-state index contributed by atoms with van der Waals surface area (Å²) in [6, 6.07) is 13.6. The van der Waals surface area contributed by atoms with Crippen LogP contribution in [-0.4, -0.2) is 70.0 Å². The molecule has 1 aliphatic heterocycles. The van der Waals surface area contributed by atoms with E-state index in [9.17, 15) is 4.79 Å². The van der Waals surface area contributed by atoms with E-state index in [4.69, 9.17) is 18.9 Å². The van der Waals surface area contributed by atoms with Crippen molar-refractivity contribution in [3.63, 3.8) is 0 Å². The smallest absolute Gasteiger partial charge is 0.270 e. The van der Waals surface area contributed by atoms with Crippen LogP contribution >= 0.6 is 11.3 Å². The van der Waals surface area contributed by atoms with Crippen molar-refractivity contribution in [3.05, 3.63) is 59.1 Å². The molecular formula is C25H29N3O5S. The van der Waals surface area contributed by atoms with Crippen LogP contribution in [-0.2, 0) is 4.74 Å². The molecule has 1 saturated heterocycles. The van der Waals surface area contributed by atoms with Crippen molar-refractivity contribution in [2.75, 3.05) is 54.2 Å². The van der Waals surface area contributed by atoms with Gasteiger partial charge in [-0.05, 0) is 35.9 Å². The molecule has 4 rings (SSSR count). The van der Waals surface area contributed by atoms with Gasteiger partial charge in [-0.3, -0.25) is 9.69 Å². The van der Waals surface area contributed by atoms with E-state index in [2.05, 4.69) is 15.2 Å². The van der Waals surface area contributed by atoms with Crippen molar-refractivity contribution in [1.82, 2.24) is 15.2 Å². The number of amides is 1. The zero-order valence-corrected chi connectivity index (χ0v) is 20.4. The second-order valence-electron chi connectivity index (χ2n) is 7.75. The van der Waals surface area contributed by atoms with Gasteiger partial charge in [-0.1, -0.05) is 12.1 Å². The van der Waals surface area contributed by atoms with E-state index in [1.807, 2.05) is 42.5 Å². The quantitative estimate of drug-likeness (QED) is 0.498. The molecule has 1 fully saturated rings. The highest BCUT2D eigenvalue weighted by Gasteiger charge is 2.24. The van der Waals surface area contributed by atoms with Gasteiger partial charge in [-0.25, -0.2) is 4.98 Å². The fourth-order valence-corrected chi connectivity index (χ4v) is 4.73. The van der Waals surface area contributed by atoms with Gasteiger partial charge in [0.15, 0.2) is 11.5 Å². The molecule has 3 aromatic rings. The molecule has 0 saturated carbocycles. The minimum absolute atomic E-state index is 0.0303. The van der Waals surface area contributed by atoms with E-state index in [-0.39, 0.29) is 11.9 Å². The summed E-state index contributed by atoms with van der Waals surface area (Å²) in [6.07, 6.45) is 0. The van der Waals surface area contributed by atoms with Gasteiger partial charge in [0.05, 0.1) is 40.6 Å². The third-order valence-corrected chi connectivity index (χ3v) is 6.70. The maximum absolute atomic E-state index is 13.0. The third-order valence-electron chi connectivity index (χ3n) is 5.81. The number of thiazole rings is 1. The predicted molar refractivity (Wildman–Crippen MR) is 131 cm³/mol. The highest BCUT2D eigenvalue weighted by atomic mass is 32.1. The van der Waals surface area contributed by atoms with Crippen molar-refractivity contribution in [3.8, 4) is 27.8 Å². The average Bonchev–Trinajstić information content (AvgIpc) is 3.40. The van der Waals surface area contributed by atoms with Crippen LogP contribution < -0.4 is 19.5 Å². The number of hydrogen-bond donors (Lipinski definition) is 1. The lowest BCUT2D eigenvalue weighted by Gasteiger charge is -2.35. The van der Waals surface area contributed by atoms with Gasteiger partial charge in [0.2, 0.25) is 0 Å². The van der Waals surface area contributed by atoms with Crippen molar-refractivity contribution >= 4 is 17.2 Å². The minimum Gasteiger partial charge on any atom is -0.497 e. The lowest BCUT2D eigenvalue weighted by molar-refractivity contribution is 0.0162. The van der Waals surface area contributed by atoms with Crippen molar-refractivity contribution in [2.45, 2.75) is 6.04 Å². The molecule has 0 bridgehead atoms. The van der Waals surface area contributed by atoms with E-state index in [1.165, 1.54) is 11.3 Å². The SMILES string of the molecule is COc1ccc([C@H](CNC(=O)c2csc(-c3ccc(OC)c(OC)c3)n2)N2CCOCC2)cc1. The van der Waals surface area contributed by atoms with E-state index < -0.39 is 0 Å². The molecule has 0 unspecified atom stereocenters. The number of carbonyl (C=O) groups is 1. The van der Waals surface area contributed by atoms with Crippen LogP contribution in [0.4, 0.5) is 0 Å². The van der Waals surface area contributed by atoms with Crippen molar-refractivity contribution in [2.24, 2.45) is 0 Å². The number of hydrogen-bond acceptors (Lipinski definition) is 8. The molecule has 34 heavy (non-hydrogen) atoms. The minimum atomic E-state index is -0.199. The standard InChI is InChI=1S/C25H29N3O5S/c1-30-19-7-4-17(5-8-19)21(28-10-12-33-13-11-28)15-26-24(29)20-16-34-25(27-20)18-6-9-22(31-2)23(14-18)32-3/h4-9,14,16,21H,10-13,15H2,1-3H3,(H,26,29)/t21-/m0/s1. The largest absolute Gasteiger partial charge is 0.497 e. The number of methoxy groups -OCH3 is 3. The van der Waals surface area contributed by atoms with Crippen LogP contribution in [0, 0.1) is 0 Å². The lowest BCUT2D eigenvalue weighted by atomic mass is 10.0. The first-order valence-electron chi connectivity index (χ1n) is 11.0. The lowest BCUT2D eigenvalue weighted by Crippen LogP contribution is -2.43. The summed E-state index contributed by atoms with van der Waals surface area (Å²) in [5.41, 5.74) is 2.38. The number of morpholine rings is 1. The fraction of sp³-hybridized carbons (Fsp3) is 0.360. The summed E-state index contributed by atoms with van der Waals surface area (Å²) in [5.74, 6) is 1.87. The van der Waals surface area contributed by atoms with E-state index in [0.29, 0.717) is 37.0 Å². The molecule has 0 spiro atoms. The fourth-order valence-electron chi connectivity index (χ4n) is 3.93. The van der Waals surface area contributed by atoms with Gasteiger partial charge in [0.1, 0.15) is 16.5 Å². The van der Waals surface area contributed by atoms with Crippen LogP contribution in [0.25, 0.3) is 10.6 Å². The van der Waals surface area contributed by atoms with Crippen LogP contribution in [0.2, 0.25) is 0 Å². The van der Waals surface area contributed by atoms with Gasteiger partial charge in [-0.2, -0.15) is 0 Å². The Kier molecular flexibility index (Phi) is 7.99. The maximum atomic E-state index is 13.0. The van der Waals surface area contributed by atoms with Gasteiger partial charge in [0, 0.05) is 30.6 Å². The zero-order valence-electron chi connectivity index (χ0n) is 19.6. The van der Waals surface area contributed by atoms with E-state index in [0.717, 1.165) is 35.0 Å².